The van der Waals surface area contributed by atoms with Crippen molar-refractivity contribution in [3.05, 3.63) is 58.7 Å². The van der Waals surface area contributed by atoms with Gasteiger partial charge in [-0.15, -0.1) is 0 Å². The van der Waals surface area contributed by atoms with Crippen LogP contribution in [0.25, 0.3) is 0 Å². The van der Waals surface area contributed by atoms with Gasteiger partial charge in [-0.2, -0.15) is 5.26 Å². The molecule has 6 heteroatoms. The van der Waals surface area contributed by atoms with Gasteiger partial charge in [0.25, 0.3) is 0 Å². The van der Waals surface area contributed by atoms with Crippen LogP contribution in [0.1, 0.15) is 23.5 Å². The first-order valence-corrected chi connectivity index (χ1v) is 8.08. The van der Waals surface area contributed by atoms with Crippen LogP contribution in [-0.4, -0.2) is 24.1 Å². The molecule has 1 aliphatic carbocycles. The molecule has 1 saturated carbocycles. The molecule has 2 atom stereocenters. The number of hydrogen-bond acceptors (Lipinski definition) is 5. The Kier molecular flexibility index (Phi) is 4.97. The van der Waals surface area contributed by atoms with Gasteiger partial charge in [-0.3, -0.25) is 4.79 Å². The van der Waals surface area contributed by atoms with Crippen LogP contribution < -0.4 is 5.32 Å². The topological polar surface area (TPSA) is 75.0 Å². The van der Waals surface area contributed by atoms with Crippen molar-refractivity contribution in [2.75, 3.05) is 18.5 Å². The molecule has 1 fully saturated rings. The quantitative estimate of drug-likeness (QED) is 0.644. The van der Waals surface area contributed by atoms with E-state index in [2.05, 4.69) is 16.4 Å². The summed E-state index contributed by atoms with van der Waals surface area (Å²) in [6.07, 6.45) is 2.40. The molecule has 1 aliphatic rings. The second-order valence-electron chi connectivity index (χ2n) is 5.61. The summed E-state index contributed by atoms with van der Waals surface area (Å²) in [5, 5.41) is 12.7. The van der Waals surface area contributed by atoms with E-state index >= 15 is 0 Å². The molecule has 5 nitrogen and oxygen atoms in total. The van der Waals surface area contributed by atoms with Crippen LogP contribution >= 0.6 is 11.6 Å². The second kappa shape index (κ2) is 7.33. The largest absolute Gasteiger partial charge is 0.464 e. The highest BCUT2D eigenvalue weighted by Crippen LogP contribution is 2.48. The molecule has 0 radical (unpaired) electrons. The molecule has 3 rings (SSSR count). The highest BCUT2D eigenvalue weighted by molar-refractivity contribution is 6.30. The number of aromatic nitrogens is 1. The maximum Gasteiger partial charge on any atom is 0.309 e. The van der Waals surface area contributed by atoms with Gasteiger partial charge in [-0.05, 0) is 42.2 Å². The van der Waals surface area contributed by atoms with Crippen molar-refractivity contribution in [3.63, 3.8) is 0 Å². The van der Waals surface area contributed by atoms with Crippen molar-refractivity contribution in [2.45, 2.75) is 12.3 Å². The van der Waals surface area contributed by atoms with Crippen LogP contribution in [0.15, 0.2) is 42.6 Å². The van der Waals surface area contributed by atoms with Gasteiger partial charge in [0.15, 0.2) is 0 Å². The Labute approximate surface area is 145 Å². The maximum absolute atomic E-state index is 12.1. The number of carbonyl (C=O) groups excluding carboxylic acids is 1. The van der Waals surface area contributed by atoms with Gasteiger partial charge < -0.3 is 10.1 Å². The summed E-state index contributed by atoms with van der Waals surface area (Å²) >= 11 is 5.98. The van der Waals surface area contributed by atoms with Gasteiger partial charge in [0, 0.05) is 11.2 Å². The van der Waals surface area contributed by atoms with Crippen molar-refractivity contribution >= 4 is 23.4 Å². The molecule has 2 unspecified atom stereocenters. The molecule has 0 saturated heterocycles. The molecule has 2 aromatic rings. The number of nitriles is 1. The zero-order chi connectivity index (χ0) is 16.9. The number of ether oxygens (including phenoxy) is 1. The van der Waals surface area contributed by atoms with E-state index in [0.717, 1.165) is 12.0 Å². The van der Waals surface area contributed by atoms with E-state index in [4.69, 9.17) is 21.6 Å². The van der Waals surface area contributed by atoms with Gasteiger partial charge in [0.1, 0.15) is 18.5 Å². The Bertz CT molecular complexity index is 788. The number of hydrogen-bond donors (Lipinski definition) is 1. The van der Waals surface area contributed by atoms with E-state index in [1.54, 1.807) is 18.3 Å². The van der Waals surface area contributed by atoms with Crippen molar-refractivity contribution in [2.24, 2.45) is 5.92 Å². The fourth-order valence-corrected chi connectivity index (χ4v) is 2.82. The summed E-state index contributed by atoms with van der Waals surface area (Å²) in [6.45, 7) is 0.644. The van der Waals surface area contributed by atoms with Gasteiger partial charge in [-0.25, -0.2) is 4.98 Å². The van der Waals surface area contributed by atoms with Crippen LogP contribution in [0, 0.1) is 17.2 Å². The van der Waals surface area contributed by atoms with Gasteiger partial charge in [0.05, 0.1) is 18.0 Å². The van der Waals surface area contributed by atoms with E-state index in [-0.39, 0.29) is 24.4 Å². The summed E-state index contributed by atoms with van der Waals surface area (Å²) in [5.74, 6) is 0.417. The molecule has 1 N–H and O–H groups in total. The predicted octanol–water partition coefficient (Wildman–Crippen LogP) is 3.37. The first-order valence-electron chi connectivity index (χ1n) is 7.70. The second-order valence-corrected chi connectivity index (χ2v) is 6.05. The smallest absolute Gasteiger partial charge is 0.309 e. The fraction of sp³-hybridized carbons (Fsp3) is 0.278. The number of esters is 1. The Morgan fingerprint density at radius 2 is 2.29 bits per heavy atom. The monoisotopic (exact) mass is 341 g/mol. The van der Waals surface area contributed by atoms with E-state index in [9.17, 15) is 4.79 Å². The molecule has 0 bridgehead atoms. The molecular formula is C18H16ClN3O2. The predicted molar refractivity (Wildman–Crippen MR) is 90.7 cm³/mol. The number of carbonyl (C=O) groups is 1. The summed E-state index contributed by atoms with van der Waals surface area (Å²) in [5.41, 5.74) is 1.54. The van der Waals surface area contributed by atoms with Gasteiger partial charge in [-0.1, -0.05) is 23.7 Å². The lowest BCUT2D eigenvalue weighted by atomic mass is 10.1. The third kappa shape index (κ3) is 3.84. The minimum atomic E-state index is -0.191. The van der Waals surface area contributed by atoms with Crippen molar-refractivity contribution in [1.29, 1.82) is 5.26 Å². The van der Waals surface area contributed by atoms with Crippen molar-refractivity contribution in [1.82, 2.24) is 4.98 Å². The lowest BCUT2D eigenvalue weighted by Crippen LogP contribution is -2.16. The highest BCUT2D eigenvalue weighted by atomic mass is 35.5. The van der Waals surface area contributed by atoms with Crippen LogP contribution in [0.5, 0.6) is 0 Å². The maximum atomic E-state index is 12.1. The number of benzene rings is 1. The van der Waals surface area contributed by atoms with E-state index < -0.39 is 0 Å². The van der Waals surface area contributed by atoms with E-state index in [1.165, 1.54) is 0 Å². The van der Waals surface area contributed by atoms with Gasteiger partial charge >= 0.3 is 5.97 Å². The molecule has 0 aliphatic heterocycles. The summed E-state index contributed by atoms with van der Waals surface area (Å²) in [6, 6.07) is 13.0. The average molecular weight is 342 g/mol. The van der Waals surface area contributed by atoms with Crippen molar-refractivity contribution < 1.29 is 9.53 Å². The lowest BCUT2D eigenvalue weighted by Gasteiger charge is -2.08. The minimum absolute atomic E-state index is 0.0898. The molecule has 1 aromatic heterocycles. The van der Waals surface area contributed by atoms with E-state index in [1.807, 2.05) is 24.3 Å². The first-order chi connectivity index (χ1) is 11.7. The first kappa shape index (κ1) is 16.3. The molecular weight excluding hydrogens is 326 g/mol. The van der Waals surface area contributed by atoms with Crippen LogP contribution in [0.4, 0.5) is 5.82 Å². The van der Waals surface area contributed by atoms with Crippen molar-refractivity contribution in [3.8, 4) is 6.07 Å². The lowest BCUT2D eigenvalue weighted by molar-refractivity contribution is -0.144. The minimum Gasteiger partial charge on any atom is -0.464 e. The normalized spacial score (nSPS) is 18.5. The summed E-state index contributed by atoms with van der Waals surface area (Å²) < 4.78 is 5.30. The molecule has 0 spiro atoms. The zero-order valence-corrected chi connectivity index (χ0v) is 13.7. The Morgan fingerprint density at radius 3 is 3.08 bits per heavy atom. The van der Waals surface area contributed by atoms with Gasteiger partial charge in [0.2, 0.25) is 0 Å². The molecule has 24 heavy (non-hydrogen) atoms. The van der Waals surface area contributed by atoms with Crippen LogP contribution in [-0.2, 0) is 9.53 Å². The number of halogens is 1. The summed E-state index contributed by atoms with van der Waals surface area (Å²) in [4.78, 5) is 16.1. The number of pyridine rings is 1. The van der Waals surface area contributed by atoms with Crippen LogP contribution in [0.2, 0.25) is 5.02 Å². The number of nitrogens with zero attached hydrogens (tertiary/aromatic N) is 2. The SMILES string of the molecule is N#Cc1cccnc1NCCOC(=O)C1CC1c1cccc(Cl)c1. The number of anilines is 1. The van der Waals surface area contributed by atoms with Crippen LogP contribution in [0.3, 0.4) is 0 Å². The molecule has 1 heterocycles. The average Bonchev–Trinajstić information content (AvgIpc) is 3.40. The third-order valence-electron chi connectivity index (χ3n) is 3.94. The third-order valence-corrected chi connectivity index (χ3v) is 4.17. The zero-order valence-electron chi connectivity index (χ0n) is 12.9. The van der Waals surface area contributed by atoms with E-state index in [0.29, 0.717) is 22.9 Å². The number of nitrogens with one attached hydrogen (secondary N) is 1. The highest BCUT2D eigenvalue weighted by Gasteiger charge is 2.45. The Morgan fingerprint density at radius 1 is 1.42 bits per heavy atom. The standard InChI is InChI=1S/C18H16ClN3O2/c19-14-5-1-3-12(9-14)15-10-16(15)18(23)24-8-7-22-17-13(11-20)4-2-6-21-17/h1-6,9,15-16H,7-8,10H2,(H,21,22). The fourth-order valence-electron chi connectivity index (χ4n) is 2.63. The molecule has 0 amide bonds. The Hall–Kier alpha value is -2.58. The molecule has 122 valence electrons. The molecule has 1 aromatic carbocycles. The number of rotatable bonds is 6. The summed E-state index contributed by atoms with van der Waals surface area (Å²) in [7, 11) is 0. The Balaban J connectivity index is 1.43.